The van der Waals surface area contributed by atoms with Crippen LogP contribution in [0.5, 0.6) is 0 Å². The Hall–Kier alpha value is -1.28. The highest BCUT2D eigenvalue weighted by Gasteiger charge is 2.25. The molecule has 0 radical (unpaired) electrons. The van der Waals surface area contributed by atoms with Gasteiger partial charge in [0.25, 0.3) is 0 Å². The van der Waals surface area contributed by atoms with Crippen LogP contribution >= 0.6 is 7.82 Å². The zero-order chi connectivity index (χ0) is 37.4. The van der Waals surface area contributed by atoms with Gasteiger partial charge in [-0.15, -0.1) is 0 Å². The molecular weight excluding hydrogens is 661 g/mol. The van der Waals surface area contributed by atoms with Gasteiger partial charge in [0, 0.05) is 19.6 Å². The molecule has 0 fully saturated rings. The summed E-state index contributed by atoms with van der Waals surface area (Å²) in [5.74, 6) is -0.337. The Morgan fingerprint density at radius 1 is 0.588 bits per heavy atom. The predicted molar refractivity (Wildman–Crippen MR) is 215 cm³/mol. The van der Waals surface area contributed by atoms with Crippen molar-refractivity contribution in [2.24, 2.45) is 5.73 Å². The lowest BCUT2D eigenvalue weighted by Gasteiger charge is -2.20. The Labute approximate surface area is 314 Å². The van der Waals surface area contributed by atoms with Crippen molar-refractivity contribution in [2.45, 2.75) is 193 Å². The van der Waals surface area contributed by atoms with Crippen molar-refractivity contribution in [3.05, 3.63) is 36.5 Å². The second-order valence-electron chi connectivity index (χ2n) is 13.9. The fourth-order valence-electron chi connectivity index (χ4n) is 5.71. The summed E-state index contributed by atoms with van der Waals surface area (Å²) in [6.45, 7) is 4.87. The second-order valence-corrected chi connectivity index (χ2v) is 15.3. The zero-order valence-electron chi connectivity index (χ0n) is 33.1. The molecule has 0 saturated heterocycles. The molecule has 2 unspecified atom stereocenters. The molecule has 0 rings (SSSR count). The first kappa shape index (κ1) is 49.7. The van der Waals surface area contributed by atoms with E-state index < -0.39 is 13.9 Å². The number of phosphoric acid groups is 1. The molecule has 0 heterocycles. The van der Waals surface area contributed by atoms with Gasteiger partial charge in [0.1, 0.15) is 6.10 Å². The maximum Gasteiger partial charge on any atom is 0.472 e. The van der Waals surface area contributed by atoms with Crippen LogP contribution in [0.4, 0.5) is 0 Å². The van der Waals surface area contributed by atoms with Crippen LogP contribution in [0.1, 0.15) is 187 Å². The monoisotopic (exact) mass is 742 g/mol. The lowest BCUT2D eigenvalue weighted by Crippen LogP contribution is -2.28. The van der Waals surface area contributed by atoms with E-state index in [1.807, 2.05) is 0 Å². The minimum atomic E-state index is -4.27. The van der Waals surface area contributed by atoms with Crippen LogP contribution in [0, 0.1) is 0 Å². The fourth-order valence-corrected chi connectivity index (χ4v) is 6.47. The quantitative estimate of drug-likeness (QED) is 0.0276. The van der Waals surface area contributed by atoms with Crippen molar-refractivity contribution in [3.63, 3.8) is 0 Å². The van der Waals surface area contributed by atoms with E-state index in [1.165, 1.54) is 122 Å². The Morgan fingerprint density at radius 3 is 1.55 bits per heavy atom. The highest BCUT2D eigenvalue weighted by Crippen LogP contribution is 2.43. The molecule has 2 atom stereocenters. The minimum Gasteiger partial charge on any atom is -0.457 e. The number of allylic oxidation sites excluding steroid dienone is 6. The summed E-state index contributed by atoms with van der Waals surface area (Å²) >= 11 is 0. The molecule has 0 aliphatic carbocycles. The normalized spacial score (nSPS) is 13.9. The summed E-state index contributed by atoms with van der Waals surface area (Å²) in [6, 6.07) is 0. The Balaban J connectivity index is 3.91. The van der Waals surface area contributed by atoms with E-state index in [-0.39, 0.29) is 32.3 Å². The molecule has 3 N–H and O–H groups in total. The van der Waals surface area contributed by atoms with Gasteiger partial charge in [0.05, 0.1) is 19.8 Å². The van der Waals surface area contributed by atoms with Gasteiger partial charge >= 0.3 is 13.8 Å². The molecule has 0 aliphatic heterocycles. The SMILES string of the molecule is CCCCCCC/C=C\C/C=C\C/C=C\CCCCCCCCCCCOCC(COP(=O)(O)OCCN)OC(=O)CCCCCCCCCC. The van der Waals surface area contributed by atoms with E-state index in [0.717, 1.165) is 44.9 Å². The van der Waals surface area contributed by atoms with Crippen molar-refractivity contribution < 1.29 is 32.8 Å². The van der Waals surface area contributed by atoms with Crippen molar-refractivity contribution in [1.29, 1.82) is 0 Å². The fraction of sp³-hybridized carbons (Fsp3) is 0.833. The lowest BCUT2D eigenvalue weighted by molar-refractivity contribution is -0.154. The van der Waals surface area contributed by atoms with Gasteiger partial charge < -0.3 is 20.1 Å². The summed E-state index contributed by atoms with van der Waals surface area (Å²) in [6.07, 6.45) is 44.6. The average molecular weight is 742 g/mol. The molecule has 9 heteroatoms. The average Bonchev–Trinajstić information content (AvgIpc) is 3.12. The number of rotatable bonds is 40. The number of esters is 1. The third-order valence-electron chi connectivity index (χ3n) is 8.81. The Bertz CT molecular complexity index is 879. The summed E-state index contributed by atoms with van der Waals surface area (Å²) < 4.78 is 33.3. The summed E-state index contributed by atoms with van der Waals surface area (Å²) in [5.41, 5.74) is 5.35. The third kappa shape index (κ3) is 39.8. The molecule has 0 saturated carbocycles. The molecule has 0 aliphatic rings. The number of carbonyl (C=O) groups is 1. The van der Waals surface area contributed by atoms with Crippen molar-refractivity contribution >= 4 is 13.8 Å². The van der Waals surface area contributed by atoms with E-state index in [9.17, 15) is 14.3 Å². The number of phosphoric ester groups is 1. The summed E-state index contributed by atoms with van der Waals surface area (Å²) in [5, 5.41) is 0. The van der Waals surface area contributed by atoms with Crippen LogP contribution < -0.4 is 5.73 Å². The highest BCUT2D eigenvalue weighted by atomic mass is 31.2. The molecule has 0 aromatic carbocycles. The van der Waals surface area contributed by atoms with E-state index in [0.29, 0.717) is 13.0 Å². The molecule has 0 amide bonds. The number of carbonyl (C=O) groups excluding carboxylic acids is 1. The predicted octanol–water partition coefficient (Wildman–Crippen LogP) is 12.2. The van der Waals surface area contributed by atoms with Gasteiger partial charge in [0.15, 0.2) is 0 Å². The number of unbranched alkanes of at least 4 members (excludes halogenated alkanes) is 21. The van der Waals surface area contributed by atoms with Crippen molar-refractivity contribution in [2.75, 3.05) is 33.0 Å². The highest BCUT2D eigenvalue weighted by molar-refractivity contribution is 7.47. The van der Waals surface area contributed by atoms with Crippen LogP contribution in [0.15, 0.2) is 36.5 Å². The molecule has 0 bridgehead atoms. The Kier molecular flexibility index (Phi) is 38.9. The van der Waals surface area contributed by atoms with Gasteiger partial charge in [-0.3, -0.25) is 13.8 Å². The molecule has 51 heavy (non-hydrogen) atoms. The molecule has 0 aromatic rings. The molecule has 0 spiro atoms. The summed E-state index contributed by atoms with van der Waals surface area (Å²) in [4.78, 5) is 22.3. The van der Waals surface area contributed by atoms with Crippen molar-refractivity contribution in [1.82, 2.24) is 0 Å². The summed E-state index contributed by atoms with van der Waals surface area (Å²) in [7, 11) is -4.27. The van der Waals surface area contributed by atoms with Crippen LogP contribution in [0.2, 0.25) is 0 Å². The van der Waals surface area contributed by atoms with Gasteiger partial charge in [-0.2, -0.15) is 0 Å². The van der Waals surface area contributed by atoms with E-state index >= 15 is 0 Å². The third-order valence-corrected chi connectivity index (χ3v) is 9.79. The zero-order valence-corrected chi connectivity index (χ0v) is 34.0. The van der Waals surface area contributed by atoms with Crippen LogP contribution in [-0.4, -0.2) is 49.9 Å². The first-order valence-corrected chi connectivity index (χ1v) is 22.5. The first-order valence-electron chi connectivity index (χ1n) is 21.0. The van der Waals surface area contributed by atoms with Gasteiger partial charge in [-0.05, 0) is 51.4 Å². The number of hydrogen-bond donors (Lipinski definition) is 2. The first-order chi connectivity index (χ1) is 24.9. The van der Waals surface area contributed by atoms with Gasteiger partial charge in [-0.25, -0.2) is 4.57 Å². The van der Waals surface area contributed by atoms with Gasteiger partial charge in [0.2, 0.25) is 0 Å². The molecular formula is C42H80NO7P. The molecule has 0 aromatic heterocycles. The smallest absolute Gasteiger partial charge is 0.457 e. The van der Waals surface area contributed by atoms with Crippen LogP contribution in [0.3, 0.4) is 0 Å². The maximum absolute atomic E-state index is 12.5. The lowest BCUT2D eigenvalue weighted by atomic mass is 10.1. The maximum atomic E-state index is 12.5. The van der Waals surface area contributed by atoms with Gasteiger partial charge in [-0.1, -0.05) is 166 Å². The number of nitrogens with two attached hydrogens (primary N) is 1. The standard InChI is InChI=1S/C42H80NO7P/c1-3-5-7-9-11-13-14-15-16-17-18-19-20-21-22-23-24-25-26-27-28-30-32-34-37-47-39-41(40-49-51(45,46)48-38-36-43)50-42(44)35-33-31-29-12-10-8-6-4-2/h14-15,17-18,20-21,41H,3-13,16,19,22-40,43H2,1-2H3,(H,45,46)/b15-14-,18-17-,21-20-. The second kappa shape index (κ2) is 39.9. The Morgan fingerprint density at radius 2 is 1.04 bits per heavy atom. The van der Waals surface area contributed by atoms with E-state index in [2.05, 4.69) is 50.3 Å². The van der Waals surface area contributed by atoms with E-state index in [1.54, 1.807) is 0 Å². The molecule has 300 valence electrons. The largest absolute Gasteiger partial charge is 0.472 e. The topological polar surface area (TPSA) is 117 Å². The minimum absolute atomic E-state index is 0.0962. The van der Waals surface area contributed by atoms with Crippen LogP contribution in [0.25, 0.3) is 0 Å². The van der Waals surface area contributed by atoms with Crippen LogP contribution in [-0.2, 0) is 27.9 Å². The number of hydrogen-bond acceptors (Lipinski definition) is 7. The number of ether oxygens (including phenoxy) is 2. The molecule has 8 nitrogen and oxygen atoms in total. The van der Waals surface area contributed by atoms with E-state index in [4.69, 9.17) is 24.3 Å². The van der Waals surface area contributed by atoms with Crippen molar-refractivity contribution in [3.8, 4) is 0 Å².